The SMILES string of the molecule is CC(C)C(C)(CC(=O)NCCc1ccnn1C)C(=O)O. The van der Waals surface area contributed by atoms with E-state index in [4.69, 9.17) is 0 Å². The summed E-state index contributed by atoms with van der Waals surface area (Å²) in [4.78, 5) is 23.2. The first kappa shape index (κ1) is 16.2. The summed E-state index contributed by atoms with van der Waals surface area (Å²) in [6.45, 7) is 5.72. The minimum Gasteiger partial charge on any atom is -0.481 e. The van der Waals surface area contributed by atoms with Crippen molar-refractivity contribution in [3.8, 4) is 0 Å². The van der Waals surface area contributed by atoms with Crippen molar-refractivity contribution < 1.29 is 14.7 Å². The second kappa shape index (κ2) is 6.54. The van der Waals surface area contributed by atoms with Crippen molar-refractivity contribution in [2.45, 2.75) is 33.6 Å². The van der Waals surface area contributed by atoms with Gasteiger partial charge in [-0.1, -0.05) is 13.8 Å². The van der Waals surface area contributed by atoms with Gasteiger partial charge in [0.05, 0.1) is 5.41 Å². The first-order valence-electron chi connectivity index (χ1n) is 6.74. The van der Waals surface area contributed by atoms with E-state index >= 15 is 0 Å². The molecule has 6 heteroatoms. The van der Waals surface area contributed by atoms with Crippen molar-refractivity contribution in [2.75, 3.05) is 6.54 Å². The zero-order valence-electron chi connectivity index (χ0n) is 12.5. The lowest BCUT2D eigenvalue weighted by atomic mass is 9.76. The van der Waals surface area contributed by atoms with E-state index in [-0.39, 0.29) is 18.2 Å². The molecule has 1 rings (SSSR count). The number of hydrogen-bond donors (Lipinski definition) is 2. The Morgan fingerprint density at radius 1 is 1.50 bits per heavy atom. The standard InChI is InChI=1S/C14H23N3O3/c1-10(2)14(3,13(19)20)9-12(18)15-7-5-11-6-8-16-17(11)4/h6,8,10H,5,7,9H2,1-4H3,(H,15,18)(H,19,20). The molecule has 0 aromatic carbocycles. The summed E-state index contributed by atoms with van der Waals surface area (Å²) >= 11 is 0. The molecule has 0 saturated heterocycles. The Bertz CT molecular complexity index is 482. The Balaban J connectivity index is 2.47. The van der Waals surface area contributed by atoms with Gasteiger partial charge in [0.2, 0.25) is 5.91 Å². The lowest BCUT2D eigenvalue weighted by molar-refractivity contribution is -0.153. The fourth-order valence-corrected chi connectivity index (χ4v) is 1.90. The third-order valence-electron chi connectivity index (χ3n) is 3.92. The van der Waals surface area contributed by atoms with E-state index in [9.17, 15) is 14.7 Å². The highest BCUT2D eigenvalue weighted by atomic mass is 16.4. The third-order valence-corrected chi connectivity index (χ3v) is 3.92. The maximum atomic E-state index is 11.9. The Labute approximate surface area is 119 Å². The molecule has 20 heavy (non-hydrogen) atoms. The van der Waals surface area contributed by atoms with E-state index in [0.717, 1.165) is 5.69 Å². The van der Waals surface area contributed by atoms with Gasteiger partial charge in [0.25, 0.3) is 0 Å². The van der Waals surface area contributed by atoms with Crippen LogP contribution < -0.4 is 5.32 Å². The number of carbonyl (C=O) groups is 2. The number of hydrogen-bond acceptors (Lipinski definition) is 3. The quantitative estimate of drug-likeness (QED) is 0.787. The molecule has 0 aliphatic heterocycles. The minimum atomic E-state index is -1.03. The average Bonchev–Trinajstić information content (AvgIpc) is 2.74. The molecule has 2 N–H and O–H groups in total. The average molecular weight is 281 g/mol. The molecular formula is C14H23N3O3. The number of carbonyl (C=O) groups excluding carboxylic acids is 1. The summed E-state index contributed by atoms with van der Waals surface area (Å²) in [5.74, 6) is -1.28. The highest BCUT2D eigenvalue weighted by molar-refractivity contribution is 5.84. The maximum absolute atomic E-state index is 11.9. The fraction of sp³-hybridized carbons (Fsp3) is 0.643. The Morgan fingerprint density at radius 3 is 2.60 bits per heavy atom. The Hall–Kier alpha value is -1.85. The normalized spacial score (nSPS) is 14.1. The number of aromatic nitrogens is 2. The number of rotatable bonds is 7. The van der Waals surface area contributed by atoms with Gasteiger partial charge in [-0.05, 0) is 18.9 Å². The van der Waals surface area contributed by atoms with E-state index in [1.807, 2.05) is 27.0 Å². The molecule has 6 nitrogen and oxygen atoms in total. The van der Waals surface area contributed by atoms with Crippen molar-refractivity contribution in [3.63, 3.8) is 0 Å². The van der Waals surface area contributed by atoms with Gasteiger partial charge in [-0.2, -0.15) is 5.10 Å². The van der Waals surface area contributed by atoms with Crippen LogP contribution in [0.3, 0.4) is 0 Å². The number of carboxylic acids is 1. The van der Waals surface area contributed by atoms with Crippen molar-refractivity contribution >= 4 is 11.9 Å². The van der Waals surface area contributed by atoms with E-state index in [2.05, 4.69) is 10.4 Å². The molecule has 1 unspecified atom stereocenters. The summed E-state index contributed by atoms with van der Waals surface area (Å²) in [6, 6.07) is 1.89. The molecular weight excluding hydrogens is 258 g/mol. The molecule has 1 atom stereocenters. The summed E-state index contributed by atoms with van der Waals surface area (Å²) in [6.07, 6.45) is 2.37. The van der Waals surface area contributed by atoms with E-state index in [0.29, 0.717) is 13.0 Å². The molecule has 0 radical (unpaired) electrons. The van der Waals surface area contributed by atoms with Crippen LogP contribution in [0.1, 0.15) is 32.9 Å². The smallest absolute Gasteiger partial charge is 0.310 e. The van der Waals surface area contributed by atoms with Gasteiger partial charge in [0, 0.05) is 38.3 Å². The third kappa shape index (κ3) is 3.82. The molecule has 0 aliphatic rings. The van der Waals surface area contributed by atoms with Gasteiger partial charge in [-0.25, -0.2) is 0 Å². The van der Waals surface area contributed by atoms with Gasteiger partial charge >= 0.3 is 5.97 Å². The van der Waals surface area contributed by atoms with Crippen LogP contribution in [-0.4, -0.2) is 33.3 Å². The second-order valence-electron chi connectivity index (χ2n) is 5.60. The topological polar surface area (TPSA) is 84.2 Å². The van der Waals surface area contributed by atoms with Crippen LogP contribution in [0, 0.1) is 11.3 Å². The molecule has 0 saturated carbocycles. The number of nitrogens with zero attached hydrogens (tertiary/aromatic N) is 2. The Kier molecular flexibility index (Phi) is 5.30. The van der Waals surface area contributed by atoms with Crippen molar-refractivity contribution in [3.05, 3.63) is 18.0 Å². The van der Waals surface area contributed by atoms with Gasteiger partial charge in [-0.15, -0.1) is 0 Å². The van der Waals surface area contributed by atoms with Gasteiger partial charge in [0.15, 0.2) is 0 Å². The van der Waals surface area contributed by atoms with Gasteiger partial charge < -0.3 is 10.4 Å². The summed E-state index contributed by atoms with van der Waals surface area (Å²) in [7, 11) is 1.84. The lowest BCUT2D eigenvalue weighted by Gasteiger charge is -2.28. The van der Waals surface area contributed by atoms with Crippen LogP contribution in [0.5, 0.6) is 0 Å². The highest BCUT2D eigenvalue weighted by Gasteiger charge is 2.38. The maximum Gasteiger partial charge on any atom is 0.310 e. The zero-order chi connectivity index (χ0) is 15.3. The molecule has 1 aromatic heterocycles. The number of aryl methyl sites for hydroxylation is 1. The predicted molar refractivity (Wildman–Crippen MR) is 75.1 cm³/mol. The number of aliphatic carboxylic acids is 1. The van der Waals surface area contributed by atoms with Crippen LogP contribution in [0.2, 0.25) is 0 Å². The monoisotopic (exact) mass is 281 g/mol. The molecule has 0 fully saturated rings. The molecule has 1 amide bonds. The molecule has 0 spiro atoms. The molecule has 1 heterocycles. The molecule has 0 bridgehead atoms. The fourth-order valence-electron chi connectivity index (χ4n) is 1.90. The van der Waals surface area contributed by atoms with Crippen LogP contribution in [0.4, 0.5) is 0 Å². The largest absolute Gasteiger partial charge is 0.481 e. The number of carboxylic acid groups (broad SMARTS) is 1. The lowest BCUT2D eigenvalue weighted by Crippen LogP contribution is -2.39. The van der Waals surface area contributed by atoms with Crippen LogP contribution >= 0.6 is 0 Å². The van der Waals surface area contributed by atoms with Crippen molar-refractivity contribution in [1.82, 2.24) is 15.1 Å². The van der Waals surface area contributed by atoms with E-state index < -0.39 is 11.4 Å². The highest BCUT2D eigenvalue weighted by Crippen LogP contribution is 2.31. The van der Waals surface area contributed by atoms with Crippen LogP contribution in [-0.2, 0) is 23.1 Å². The molecule has 0 aliphatic carbocycles. The van der Waals surface area contributed by atoms with E-state index in [1.165, 1.54) is 0 Å². The zero-order valence-corrected chi connectivity index (χ0v) is 12.5. The van der Waals surface area contributed by atoms with Crippen molar-refractivity contribution in [1.29, 1.82) is 0 Å². The predicted octanol–water partition coefficient (Wildman–Crippen LogP) is 1.22. The number of nitrogens with one attached hydrogen (secondary N) is 1. The number of amides is 1. The Morgan fingerprint density at radius 2 is 2.15 bits per heavy atom. The van der Waals surface area contributed by atoms with Crippen molar-refractivity contribution in [2.24, 2.45) is 18.4 Å². The first-order valence-corrected chi connectivity index (χ1v) is 6.74. The molecule has 112 valence electrons. The van der Waals surface area contributed by atoms with Crippen LogP contribution in [0.25, 0.3) is 0 Å². The van der Waals surface area contributed by atoms with Gasteiger partial charge in [-0.3, -0.25) is 14.3 Å². The second-order valence-corrected chi connectivity index (χ2v) is 5.60. The van der Waals surface area contributed by atoms with Gasteiger partial charge in [0.1, 0.15) is 0 Å². The molecule has 1 aromatic rings. The minimum absolute atomic E-state index is 0.00854. The summed E-state index contributed by atoms with van der Waals surface area (Å²) in [5, 5.41) is 16.1. The van der Waals surface area contributed by atoms with E-state index in [1.54, 1.807) is 17.8 Å². The summed E-state index contributed by atoms with van der Waals surface area (Å²) < 4.78 is 1.75. The summed E-state index contributed by atoms with van der Waals surface area (Å²) in [5.41, 5.74) is -0.00785. The van der Waals surface area contributed by atoms with Crippen LogP contribution in [0.15, 0.2) is 12.3 Å². The first-order chi connectivity index (χ1) is 9.27.